The van der Waals surface area contributed by atoms with Crippen LogP contribution in [0, 0.1) is 11.3 Å². The van der Waals surface area contributed by atoms with Gasteiger partial charge in [0.25, 0.3) is 0 Å². The number of ether oxygens (including phenoxy) is 1. The predicted molar refractivity (Wildman–Crippen MR) is 129 cm³/mol. The SMILES string of the molecule is CN=C1CCC2=CC3=CC[C@]4(C)[C@@H](c5ccc6ccncc6c5)CC[C@H]4C34CC[C@]2(C1)O4. The van der Waals surface area contributed by atoms with E-state index in [2.05, 4.69) is 53.3 Å². The highest BCUT2D eigenvalue weighted by atomic mass is 16.5. The zero-order chi connectivity index (χ0) is 21.6. The molecule has 2 bridgehead atoms. The number of fused-ring (bicyclic) bond motifs is 2. The summed E-state index contributed by atoms with van der Waals surface area (Å²) in [7, 11) is 1.96. The third-order valence-corrected chi connectivity index (χ3v) is 9.90. The van der Waals surface area contributed by atoms with Gasteiger partial charge in [0.15, 0.2) is 0 Å². The van der Waals surface area contributed by atoms with Crippen LogP contribution in [0.3, 0.4) is 0 Å². The van der Waals surface area contributed by atoms with E-state index in [-0.39, 0.29) is 16.6 Å². The molecule has 0 amide bonds. The van der Waals surface area contributed by atoms with Crippen LogP contribution in [0.15, 0.2) is 64.9 Å². The highest BCUT2D eigenvalue weighted by Gasteiger charge is 2.66. The van der Waals surface area contributed by atoms with Gasteiger partial charge in [-0.1, -0.05) is 31.2 Å². The fraction of sp³-hybridized carbons (Fsp3) is 0.517. The van der Waals surface area contributed by atoms with Crippen LogP contribution < -0.4 is 0 Å². The second-order valence-corrected chi connectivity index (χ2v) is 11.2. The van der Waals surface area contributed by atoms with Gasteiger partial charge in [-0.15, -0.1) is 0 Å². The van der Waals surface area contributed by atoms with Crippen molar-refractivity contribution in [2.45, 2.75) is 75.4 Å². The number of benzene rings is 1. The molecule has 1 aromatic heterocycles. The lowest BCUT2D eigenvalue weighted by Gasteiger charge is -2.54. The maximum absolute atomic E-state index is 7.32. The van der Waals surface area contributed by atoms with E-state index >= 15 is 0 Å². The molecule has 3 fully saturated rings. The number of allylic oxidation sites excluding steroid dienone is 1. The molecule has 3 heterocycles. The Kier molecular flexibility index (Phi) is 3.85. The van der Waals surface area contributed by atoms with E-state index in [4.69, 9.17) is 4.74 Å². The van der Waals surface area contributed by atoms with Crippen molar-refractivity contribution in [3.05, 3.63) is 65.5 Å². The van der Waals surface area contributed by atoms with Crippen LogP contribution in [0.4, 0.5) is 0 Å². The van der Waals surface area contributed by atoms with Crippen molar-refractivity contribution in [3.63, 3.8) is 0 Å². The summed E-state index contributed by atoms with van der Waals surface area (Å²) < 4.78 is 7.32. The fourth-order valence-corrected chi connectivity index (χ4v) is 8.30. The summed E-state index contributed by atoms with van der Waals surface area (Å²) in [5.41, 5.74) is 5.97. The molecule has 0 N–H and O–H groups in total. The summed E-state index contributed by atoms with van der Waals surface area (Å²) in [6.45, 7) is 2.55. The Labute approximate surface area is 190 Å². The monoisotopic (exact) mass is 424 g/mol. The molecule has 1 saturated heterocycles. The minimum Gasteiger partial charge on any atom is -0.359 e. The number of hydrogen-bond donors (Lipinski definition) is 0. The zero-order valence-corrected chi connectivity index (χ0v) is 19.2. The summed E-state index contributed by atoms with van der Waals surface area (Å²) in [4.78, 5) is 8.97. The maximum atomic E-state index is 7.32. The van der Waals surface area contributed by atoms with Gasteiger partial charge in [0.2, 0.25) is 0 Å². The molecule has 5 aliphatic rings. The van der Waals surface area contributed by atoms with Crippen molar-refractivity contribution in [1.82, 2.24) is 4.98 Å². The molecule has 7 rings (SSSR count). The van der Waals surface area contributed by atoms with Crippen molar-refractivity contribution in [3.8, 4) is 0 Å². The van der Waals surface area contributed by atoms with Crippen LogP contribution in [0.5, 0.6) is 0 Å². The van der Waals surface area contributed by atoms with Gasteiger partial charge in [0.05, 0.1) is 11.2 Å². The average molecular weight is 425 g/mol. The van der Waals surface area contributed by atoms with Crippen LogP contribution in [-0.4, -0.2) is 28.9 Å². The summed E-state index contributed by atoms with van der Waals surface area (Å²) >= 11 is 0. The molecule has 1 aromatic carbocycles. The molecule has 164 valence electrons. The molecular weight excluding hydrogens is 392 g/mol. The van der Waals surface area contributed by atoms with Gasteiger partial charge >= 0.3 is 0 Å². The third kappa shape index (κ3) is 2.36. The van der Waals surface area contributed by atoms with Gasteiger partial charge < -0.3 is 4.74 Å². The van der Waals surface area contributed by atoms with E-state index in [0.717, 1.165) is 32.1 Å². The van der Waals surface area contributed by atoms with Crippen molar-refractivity contribution in [2.75, 3.05) is 7.05 Å². The Morgan fingerprint density at radius 1 is 1.09 bits per heavy atom. The lowest BCUT2D eigenvalue weighted by atomic mass is 9.58. The Morgan fingerprint density at radius 3 is 2.94 bits per heavy atom. The fourth-order valence-electron chi connectivity index (χ4n) is 8.30. The molecule has 1 unspecified atom stereocenters. The van der Waals surface area contributed by atoms with Gasteiger partial charge in [-0.25, -0.2) is 0 Å². The summed E-state index contributed by atoms with van der Waals surface area (Å²) in [5, 5.41) is 2.54. The van der Waals surface area contributed by atoms with E-state index in [1.807, 2.05) is 19.4 Å². The Morgan fingerprint density at radius 2 is 2.03 bits per heavy atom. The quantitative estimate of drug-likeness (QED) is 0.520. The van der Waals surface area contributed by atoms with E-state index in [1.165, 1.54) is 46.9 Å². The number of pyridine rings is 1. The largest absolute Gasteiger partial charge is 0.359 e. The Bertz CT molecular complexity index is 1220. The predicted octanol–water partition coefficient (Wildman–Crippen LogP) is 6.55. The van der Waals surface area contributed by atoms with Crippen molar-refractivity contribution in [2.24, 2.45) is 16.3 Å². The number of aliphatic imine (C=N–C) groups is 1. The number of rotatable bonds is 1. The van der Waals surface area contributed by atoms with Crippen molar-refractivity contribution in [1.29, 1.82) is 0 Å². The van der Waals surface area contributed by atoms with Crippen LogP contribution in [0.1, 0.15) is 69.8 Å². The summed E-state index contributed by atoms with van der Waals surface area (Å²) in [5.74, 6) is 1.17. The minimum absolute atomic E-state index is 0.0740. The lowest BCUT2D eigenvalue weighted by molar-refractivity contribution is -0.126. The van der Waals surface area contributed by atoms with Gasteiger partial charge in [0.1, 0.15) is 0 Å². The first-order valence-corrected chi connectivity index (χ1v) is 12.5. The Hall–Kier alpha value is -2.26. The standard InChI is InChI=1S/C29H32N2O/c1-27-11-9-23-16-22-5-6-24(30-2)17-28(22)12-13-29(23,32-28)26(27)8-7-25(27)20-4-3-19-10-14-31-18-21(19)15-20/h3-4,9-10,14-16,18,25-26H,5-8,11-13,17H2,1-2H3/t25-,26-,27-,28-,29?/m1/s1. The molecule has 5 atom stereocenters. The number of hydrogen-bond acceptors (Lipinski definition) is 3. The number of nitrogens with zero attached hydrogens (tertiary/aromatic N) is 2. The summed E-state index contributed by atoms with van der Waals surface area (Å²) in [6.07, 6.45) is 18.3. The normalized spacial score (nSPS) is 41.1. The van der Waals surface area contributed by atoms with E-state index in [1.54, 1.807) is 5.57 Å². The first-order chi connectivity index (χ1) is 15.6. The number of aromatic nitrogens is 1. The smallest absolute Gasteiger partial charge is 0.0975 e. The van der Waals surface area contributed by atoms with Gasteiger partial charge in [-0.05, 0) is 96.4 Å². The molecule has 2 aromatic rings. The lowest BCUT2D eigenvalue weighted by Crippen LogP contribution is -2.53. The summed E-state index contributed by atoms with van der Waals surface area (Å²) in [6, 6.07) is 9.18. The first-order valence-electron chi connectivity index (χ1n) is 12.5. The van der Waals surface area contributed by atoms with E-state index in [9.17, 15) is 0 Å². The molecule has 3 heteroatoms. The van der Waals surface area contributed by atoms with Crippen LogP contribution >= 0.6 is 0 Å². The highest BCUT2D eigenvalue weighted by molar-refractivity contribution is 5.88. The first kappa shape index (κ1) is 19.2. The topological polar surface area (TPSA) is 34.5 Å². The minimum atomic E-state index is -0.0835. The van der Waals surface area contributed by atoms with Crippen LogP contribution in [0.2, 0.25) is 0 Å². The van der Waals surface area contributed by atoms with Gasteiger partial charge in [0, 0.05) is 37.0 Å². The average Bonchev–Trinajstić information content (AvgIpc) is 3.33. The zero-order valence-electron chi connectivity index (χ0n) is 19.2. The van der Waals surface area contributed by atoms with Gasteiger partial charge in [-0.3, -0.25) is 9.98 Å². The second-order valence-electron chi connectivity index (χ2n) is 11.2. The highest BCUT2D eigenvalue weighted by Crippen LogP contribution is 2.69. The van der Waals surface area contributed by atoms with E-state index in [0.29, 0.717) is 11.8 Å². The molecule has 0 radical (unpaired) electrons. The van der Waals surface area contributed by atoms with Crippen molar-refractivity contribution >= 4 is 16.5 Å². The molecule has 2 aliphatic heterocycles. The molecule has 32 heavy (non-hydrogen) atoms. The van der Waals surface area contributed by atoms with Crippen LogP contribution in [-0.2, 0) is 4.74 Å². The molecule has 3 aliphatic carbocycles. The second kappa shape index (κ2) is 6.41. The third-order valence-electron chi connectivity index (χ3n) is 9.90. The molecular formula is C29H32N2O. The molecule has 2 spiro atoms. The molecule has 3 nitrogen and oxygen atoms in total. The Balaban J connectivity index is 1.30. The molecule has 2 saturated carbocycles. The van der Waals surface area contributed by atoms with Gasteiger partial charge in [-0.2, -0.15) is 0 Å². The van der Waals surface area contributed by atoms with Crippen LogP contribution in [0.25, 0.3) is 10.8 Å². The van der Waals surface area contributed by atoms with E-state index < -0.39 is 0 Å². The van der Waals surface area contributed by atoms with Crippen molar-refractivity contribution < 1.29 is 4.74 Å². The maximum Gasteiger partial charge on any atom is 0.0975 e.